The summed E-state index contributed by atoms with van der Waals surface area (Å²) in [5.41, 5.74) is -1.13. The normalized spacial score (nSPS) is 24.4. The number of alkyl halides is 3. The molecule has 1 aliphatic heterocycles. The summed E-state index contributed by atoms with van der Waals surface area (Å²) >= 11 is 0. The maximum Gasteiger partial charge on any atom is 0.406 e. The predicted molar refractivity (Wildman–Crippen MR) is 74.9 cm³/mol. The van der Waals surface area contributed by atoms with Crippen LogP contribution in [0.3, 0.4) is 0 Å². The van der Waals surface area contributed by atoms with Crippen molar-refractivity contribution in [3.05, 3.63) is 0 Å². The van der Waals surface area contributed by atoms with Crippen LogP contribution in [0.15, 0.2) is 0 Å². The fourth-order valence-electron chi connectivity index (χ4n) is 3.46. The Labute approximate surface area is 133 Å². The Morgan fingerprint density at radius 1 is 1.39 bits per heavy atom. The molecule has 0 N–H and O–H groups in total. The largest absolute Gasteiger partial charge is 0.406 e. The number of nitriles is 1. The van der Waals surface area contributed by atoms with E-state index in [0.717, 1.165) is 24.2 Å². The summed E-state index contributed by atoms with van der Waals surface area (Å²) in [4.78, 5) is 26.8. The maximum absolute atomic E-state index is 12.7. The molecule has 128 valence electrons. The van der Waals surface area contributed by atoms with E-state index in [2.05, 4.69) is 6.07 Å². The van der Waals surface area contributed by atoms with Gasteiger partial charge in [0, 0.05) is 13.6 Å². The van der Waals surface area contributed by atoms with Crippen molar-refractivity contribution in [1.29, 1.82) is 5.26 Å². The van der Waals surface area contributed by atoms with E-state index >= 15 is 0 Å². The van der Waals surface area contributed by atoms with Gasteiger partial charge in [0.2, 0.25) is 11.8 Å². The molecule has 1 aliphatic carbocycles. The summed E-state index contributed by atoms with van der Waals surface area (Å²) in [6, 6.07) is 1.18. The molecule has 2 fully saturated rings. The lowest BCUT2D eigenvalue weighted by molar-refractivity contribution is -0.160. The first kappa shape index (κ1) is 17.6. The molecule has 23 heavy (non-hydrogen) atoms. The van der Waals surface area contributed by atoms with Crippen molar-refractivity contribution in [1.82, 2.24) is 9.80 Å². The molecule has 2 amide bonds. The monoisotopic (exact) mass is 331 g/mol. The van der Waals surface area contributed by atoms with Crippen LogP contribution in [0.5, 0.6) is 0 Å². The van der Waals surface area contributed by atoms with Gasteiger partial charge in [-0.05, 0) is 19.3 Å². The second-order valence-corrected chi connectivity index (χ2v) is 6.35. The Morgan fingerprint density at radius 3 is 2.52 bits per heavy atom. The lowest BCUT2D eigenvalue weighted by Crippen LogP contribution is -2.50. The van der Waals surface area contributed by atoms with Crippen molar-refractivity contribution in [3.63, 3.8) is 0 Å². The molecule has 5 nitrogen and oxygen atoms in total. The molecule has 0 aromatic heterocycles. The van der Waals surface area contributed by atoms with E-state index in [0.29, 0.717) is 12.8 Å². The Balaban J connectivity index is 2.08. The molecule has 2 aliphatic rings. The summed E-state index contributed by atoms with van der Waals surface area (Å²) in [6.45, 7) is -1.33. The minimum Gasteiger partial charge on any atom is -0.332 e. The van der Waals surface area contributed by atoms with Gasteiger partial charge in [0.1, 0.15) is 18.0 Å². The van der Waals surface area contributed by atoms with Crippen molar-refractivity contribution in [3.8, 4) is 6.07 Å². The Morgan fingerprint density at radius 2 is 2.00 bits per heavy atom. The predicted octanol–water partition coefficient (Wildman–Crippen LogP) is 2.08. The molecule has 8 heteroatoms. The number of carbonyl (C=O) groups excluding carboxylic acids is 2. The fourth-order valence-corrected chi connectivity index (χ4v) is 3.46. The highest BCUT2D eigenvalue weighted by molar-refractivity contribution is 5.92. The average molecular weight is 331 g/mol. The number of likely N-dealkylation sites (N-methyl/N-ethyl adjacent to an activating group) is 1. The van der Waals surface area contributed by atoms with Crippen LogP contribution in [0.4, 0.5) is 13.2 Å². The summed E-state index contributed by atoms with van der Waals surface area (Å²) in [7, 11) is 1.41. The minimum atomic E-state index is -4.45. The van der Waals surface area contributed by atoms with Crippen LogP contribution >= 0.6 is 0 Å². The van der Waals surface area contributed by atoms with Crippen LogP contribution < -0.4 is 0 Å². The van der Waals surface area contributed by atoms with Crippen LogP contribution in [0.1, 0.15) is 38.5 Å². The molecular formula is C15H20F3N3O2. The smallest absolute Gasteiger partial charge is 0.332 e. The SMILES string of the molecule is CN(C(=O)C1(C#N)CCCCC1)[C@@H]1CCN(CC(F)(F)F)C1=O. The molecule has 0 spiro atoms. The first-order valence-electron chi connectivity index (χ1n) is 7.74. The number of amides is 2. The summed E-state index contributed by atoms with van der Waals surface area (Å²) in [5.74, 6) is -1.13. The average Bonchev–Trinajstić information content (AvgIpc) is 2.85. The molecule has 1 saturated carbocycles. The highest BCUT2D eigenvalue weighted by Crippen LogP contribution is 2.38. The lowest BCUT2D eigenvalue weighted by Gasteiger charge is -2.35. The molecular weight excluding hydrogens is 311 g/mol. The Kier molecular flexibility index (Phi) is 4.87. The van der Waals surface area contributed by atoms with Crippen LogP contribution in [0.2, 0.25) is 0 Å². The summed E-state index contributed by atoms with van der Waals surface area (Å²) in [6.07, 6.45) is -0.900. The van der Waals surface area contributed by atoms with Crippen molar-refractivity contribution in [2.75, 3.05) is 20.1 Å². The molecule has 0 aromatic carbocycles. The molecule has 1 saturated heterocycles. The molecule has 2 rings (SSSR count). The van der Waals surface area contributed by atoms with Gasteiger partial charge in [0.25, 0.3) is 0 Å². The fraction of sp³-hybridized carbons (Fsp3) is 0.800. The highest BCUT2D eigenvalue weighted by atomic mass is 19.4. The number of hydrogen-bond acceptors (Lipinski definition) is 3. The minimum absolute atomic E-state index is 0.0276. The van der Waals surface area contributed by atoms with Crippen LogP contribution in [0, 0.1) is 16.7 Å². The zero-order valence-electron chi connectivity index (χ0n) is 13.0. The second-order valence-electron chi connectivity index (χ2n) is 6.35. The first-order valence-corrected chi connectivity index (χ1v) is 7.74. The topological polar surface area (TPSA) is 64.4 Å². The molecule has 0 radical (unpaired) electrons. The van der Waals surface area contributed by atoms with E-state index in [9.17, 15) is 28.0 Å². The van der Waals surface area contributed by atoms with Gasteiger partial charge in [-0.1, -0.05) is 19.3 Å². The van der Waals surface area contributed by atoms with Gasteiger partial charge < -0.3 is 9.80 Å². The summed E-state index contributed by atoms with van der Waals surface area (Å²) < 4.78 is 37.4. The zero-order chi connectivity index (χ0) is 17.3. The van der Waals surface area contributed by atoms with E-state index < -0.39 is 36.0 Å². The van der Waals surface area contributed by atoms with Crippen molar-refractivity contribution in [2.24, 2.45) is 5.41 Å². The van der Waals surface area contributed by atoms with Gasteiger partial charge in [0.05, 0.1) is 6.07 Å². The van der Waals surface area contributed by atoms with E-state index in [1.54, 1.807) is 0 Å². The molecule has 0 bridgehead atoms. The van der Waals surface area contributed by atoms with Crippen LogP contribution in [-0.4, -0.2) is 54.0 Å². The van der Waals surface area contributed by atoms with Crippen LogP contribution in [-0.2, 0) is 9.59 Å². The number of carbonyl (C=O) groups is 2. The maximum atomic E-state index is 12.7. The van der Waals surface area contributed by atoms with E-state index in [4.69, 9.17) is 0 Å². The van der Waals surface area contributed by atoms with Crippen molar-refractivity contribution < 1.29 is 22.8 Å². The third kappa shape index (κ3) is 3.59. The lowest BCUT2D eigenvalue weighted by atomic mass is 9.74. The highest BCUT2D eigenvalue weighted by Gasteiger charge is 2.47. The van der Waals surface area contributed by atoms with Crippen molar-refractivity contribution in [2.45, 2.75) is 50.7 Å². The number of halogens is 3. The van der Waals surface area contributed by atoms with E-state index in [1.165, 1.54) is 11.9 Å². The van der Waals surface area contributed by atoms with Gasteiger partial charge in [-0.3, -0.25) is 9.59 Å². The van der Waals surface area contributed by atoms with Gasteiger partial charge in [-0.2, -0.15) is 18.4 Å². The Hall–Kier alpha value is -1.78. The standard InChI is InChI=1S/C15H20F3N3O2/c1-20(13(23)14(9-19)6-3-2-4-7-14)11-5-8-21(12(11)22)10-15(16,17)18/h11H,2-8,10H2,1H3/t11-/m1/s1. The molecule has 1 atom stereocenters. The van der Waals surface area contributed by atoms with Gasteiger partial charge in [0.15, 0.2) is 0 Å². The Bertz CT molecular complexity index is 521. The van der Waals surface area contributed by atoms with E-state index in [1.807, 2.05) is 0 Å². The van der Waals surface area contributed by atoms with E-state index in [-0.39, 0.29) is 13.0 Å². The number of likely N-dealkylation sites (tertiary alicyclic amines) is 1. The zero-order valence-corrected chi connectivity index (χ0v) is 13.0. The number of nitrogens with zero attached hydrogens (tertiary/aromatic N) is 3. The molecule has 0 unspecified atom stereocenters. The molecule has 0 aromatic rings. The molecule has 1 heterocycles. The quantitative estimate of drug-likeness (QED) is 0.795. The summed E-state index contributed by atoms with van der Waals surface area (Å²) in [5, 5.41) is 9.43. The third-order valence-corrected chi connectivity index (χ3v) is 4.76. The second kappa shape index (κ2) is 6.38. The van der Waals surface area contributed by atoms with Crippen LogP contribution in [0.25, 0.3) is 0 Å². The van der Waals surface area contributed by atoms with Gasteiger partial charge >= 0.3 is 6.18 Å². The van der Waals surface area contributed by atoms with Gasteiger partial charge in [-0.15, -0.1) is 0 Å². The number of hydrogen-bond donors (Lipinski definition) is 0. The first-order chi connectivity index (χ1) is 10.7. The van der Waals surface area contributed by atoms with Gasteiger partial charge in [-0.25, -0.2) is 0 Å². The third-order valence-electron chi connectivity index (χ3n) is 4.76. The number of rotatable bonds is 3. The van der Waals surface area contributed by atoms with Crippen molar-refractivity contribution >= 4 is 11.8 Å².